The van der Waals surface area contributed by atoms with Gasteiger partial charge in [0, 0.05) is 24.7 Å². The number of carbonyl (C=O) groups excluding carboxylic acids is 2. The molecule has 0 unspecified atom stereocenters. The number of hydrogen-bond acceptors (Lipinski definition) is 4. The number of Topliss-reactive ketones (excluding diaryl/α,β-unsaturated/α-hetero) is 1. The summed E-state index contributed by atoms with van der Waals surface area (Å²) < 4.78 is 19.2. The van der Waals surface area contributed by atoms with Gasteiger partial charge in [-0.15, -0.1) is 0 Å². The summed E-state index contributed by atoms with van der Waals surface area (Å²) in [4.78, 5) is 27.5. The first-order valence-electron chi connectivity index (χ1n) is 7.64. The number of ketones is 1. The van der Waals surface area contributed by atoms with Crippen molar-refractivity contribution in [3.8, 4) is 11.6 Å². The normalized spacial score (nSPS) is 10.5. The number of nitrogens with one attached hydrogen (secondary N) is 1. The third-order valence-corrected chi connectivity index (χ3v) is 3.18. The number of aromatic nitrogens is 1. The highest BCUT2D eigenvalue weighted by atomic mass is 19.1. The SMILES string of the molecule is CC(C)CC(=O)C(=O)NCc1cccnc1Oc1ccccc1F. The Balaban J connectivity index is 2.05. The Morgan fingerprint density at radius 3 is 2.67 bits per heavy atom. The van der Waals surface area contributed by atoms with Crippen molar-refractivity contribution in [1.29, 1.82) is 0 Å². The van der Waals surface area contributed by atoms with Gasteiger partial charge in [0.25, 0.3) is 5.91 Å². The van der Waals surface area contributed by atoms with Gasteiger partial charge in [-0.25, -0.2) is 9.37 Å². The molecule has 0 fully saturated rings. The molecule has 0 bridgehead atoms. The fourth-order valence-electron chi connectivity index (χ4n) is 2.02. The van der Waals surface area contributed by atoms with E-state index in [0.29, 0.717) is 5.56 Å². The van der Waals surface area contributed by atoms with E-state index in [-0.39, 0.29) is 30.5 Å². The van der Waals surface area contributed by atoms with Crippen LogP contribution in [0.15, 0.2) is 42.6 Å². The van der Waals surface area contributed by atoms with Crippen LogP contribution in [0.1, 0.15) is 25.8 Å². The maximum absolute atomic E-state index is 13.7. The summed E-state index contributed by atoms with van der Waals surface area (Å²) >= 11 is 0. The molecule has 0 spiro atoms. The molecule has 0 saturated heterocycles. The minimum Gasteiger partial charge on any atom is -0.436 e. The molecule has 1 amide bonds. The van der Waals surface area contributed by atoms with Gasteiger partial charge >= 0.3 is 0 Å². The molecule has 1 heterocycles. The molecule has 0 aliphatic heterocycles. The van der Waals surface area contributed by atoms with Crippen LogP contribution in [0, 0.1) is 11.7 Å². The number of benzene rings is 1. The standard InChI is InChI=1S/C18H19FN2O3/c1-12(2)10-15(22)17(23)21-11-13-6-5-9-20-18(13)24-16-8-4-3-7-14(16)19/h3-9,12H,10-11H2,1-2H3,(H,21,23). The molecule has 0 atom stereocenters. The number of ether oxygens (including phenoxy) is 1. The summed E-state index contributed by atoms with van der Waals surface area (Å²) in [6.45, 7) is 3.81. The van der Waals surface area contributed by atoms with Crippen LogP contribution in [0.4, 0.5) is 4.39 Å². The van der Waals surface area contributed by atoms with Gasteiger partial charge in [0.2, 0.25) is 11.7 Å². The second kappa shape index (κ2) is 8.19. The number of nitrogens with zero attached hydrogens (tertiary/aromatic N) is 1. The van der Waals surface area contributed by atoms with Crippen molar-refractivity contribution in [1.82, 2.24) is 10.3 Å². The van der Waals surface area contributed by atoms with E-state index in [2.05, 4.69) is 10.3 Å². The van der Waals surface area contributed by atoms with Crippen LogP contribution in [-0.4, -0.2) is 16.7 Å². The molecule has 24 heavy (non-hydrogen) atoms. The highest BCUT2D eigenvalue weighted by Crippen LogP contribution is 2.25. The van der Waals surface area contributed by atoms with E-state index < -0.39 is 17.5 Å². The second-order valence-corrected chi connectivity index (χ2v) is 5.70. The Morgan fingerprint density at radius 1 is 1.21 bits per heavy atom. The Kier molecular flexibility index (Phi) is 6.01. The fourth-order valence-corrected chi connectivity index (χ4v) is 2.02. The number of rotatable bonds is 7. The Morgan fingerprint density at radius 2 is 1.96 bits per heavy atom. The van der Waals surface area contributed by atoms with Gasteiger partial charge < -0.3 is 10.1 Å². The van der Waals surface area contributed by atoms with Crippen molar-refractivity contribution in [2.45, 2.75) is 26.8 Å². The molecular formula is C18H19FN2O3. The number of halogens is 1. The highest BCUT2D eigenvalue weighted by Gasteiger charge is 2.16. The molecule has 0 aliphatic rings. The van der Waals surface area contributed by atoms with Gasteiger partial charge in [0.15, 0.2) is 11.6 Å². The number of carbonyl (C=O) groups is 2. The monoisotopic (exact) mass is 330 g/mol. The van der Waals surface area contributed by atoms with Crippen LogP contribution in [0.5, 0.6) is 11.6 Å². The predicted molar refractivity (Wildman–Crippen MR) is 87.0 cm³/mol. The zero-order valence-corrected chi connectivity index (χ0v) is 13.6. The Labute approximate surface area is 139 Å². The van der Waals surface area contributed by atoms with Crippen molar-refractivity contribution in [3.05, 3.63) is 54.0 Å². The smallest absolute Gasteiger partial charge is 0.287 e. The maximum atomic E-state index is 13.7. The van der Waals surface area contributed by atoms with Crippen molar-refractivity contribution in [3.63, 3.8) is 0 Å². The lowest BCUT2D eigenvalue weighted by Crippen LogP contribution is -2.31. The predicted octanol–water partition coefficient (Wildman–Crippen LogP) is 3.24. The summed E-state index contributed by atoms with van der Waals surface area (Å²) in [7, 11) is 0. The molecule has 0 saturated carbocycles. The molecule has 0 radical (unpaired) electrons. The van der Waals surface area contributed by atoms with Gasteiger partial charge in [0.1, 0.15) is 0 Å². The molecule has 1 N–H and O–H groups in total. The third kappa shape index (κ3) is 4.87. The minimum atomic E-state index is -0.649. The number of amides is 1. The maximum Gasteiger partial charge on any atom is 0.287 e. The van der Waals surface area contributed by atoms with E-state index in [4.69, 9.17) is 4.74 Å². The molecule has 2 rings (SSSR count). The van der Waals surface area contributed by atoms with Crippen LogP contribution in [0.25, 0.3) is 0 Å². The van der Waals surface area contributed by atoms with Crippen LogP contribution in [0.3, 0.4) is 0 Å². The summed E-state index contributed by atoms with van der Waals surface area (Å²) in [6, 6.07) is 9.33. The van der Waals surface area contributed by atoms with Crippen LogP contribution < -0.4 is 10.1 Å². The number of hydrogen-bond donors (Lipinski definition) is 1. The van der Waals surface area contributed by atoms with Crippen molar-refractivity contribution < 1.29 is 18.7 Å². The van der Waals surface area contributed by atoms with Gasteiger partial charge in [-0.2, -0.15) is 0 Å². The lowest BCUT2D eigenvalue weighted by Gasteiger charge is -2.11. The molecule has 0 aliphatic carbocycles. The molecule has 126 valence electrons. The average Bonchev–Trinajstić information content (AvgIpc) is 2.55. The lowest BCUT2D eigenvalue weighted by atomic mass is 10.1. The molecule has 6 heteroatoms. The first-order valence-corrected chi connectivity index (χ1v) is 7.64. The van der Waals surface area contributed by atoms with Crippen LogP contribution in [0.2, 0.25) is 0 Å². The van der Waals surface area contributed by atoms with E-state index >= 15 is 0 Å². The molecule has 5 nitrogen and oxygen atoms in total. The Hall–Kier alpha value is -2.76. The first-order chi connectivity index (χ1) is 11.5. The van der Waals surface area contributed by atoms with Crippen molar-refractivity contribution >= 4 is 11.7 Å². The van der Waals surface area contributed by atoms with E-state index in [1.54, 1.807) is 24.3 Å². The van der Waals surface area contributed by atoms with Crippen LogP contribution in [-0.2, 0) is 16.1 Å². The summed E-state index contributed by atoms with van der Waals surface area (Å²) in [5.41, 5.74) is 0.548. The zero-order chi connectivity index (χ0) is 17.5. The third-order valence-electron chi connectivity index (χ3n) is 3.18. The van der Waals surface area contributed by atoms with Gasteiger partial charge in [-0.05, 0) is 24.1 Å². The second-order valence-electron chi connectivity index (χ2n) is 5.70. The number of para-hydroxylation sites is 1. The van der Waals surface area contributed by atoms with E-state index in [9.17, 15) is 14.0 Å². The van der Waals surface area contributed by atoms with Gasteiger partial charge in [-0.1, -0.05) is 32.0 Å². The fraction of sp³-hybridized carbons (Fsp3) is 0.278. The van der Waals surface area contributed by atoms with E-state index in [1.807, 2.05) is 13.8 Å². The average molecular weight is 330 g/mol. The molecule has 2 aromatic rings. The Bertz CT molecular complexity index is 732. The summed E-state index contributed by atoms with van der Waals surface area (Å²) in [6.07, 6.45) is 1.70. The molecule has 1 aromatic heterocycles. The van der Waals surface area contributed by atoms with Gasteiger partial charge in [-0.3, -0.25) is 9.59 Å². The van der Waals surface area contributed by atoms with E-state index in [1.165, 1.54) is 18.3 Å². The quantitative estimate of drug-likeness (QED) is 0.791. The van der Waals surface area contributed by atoms with Crippen LogP contribution >= 0.6 is 0 Å². The summed E-state index contributed by atoms with van der Waals surface area (Å²) in [5, 5.41) is 2.54. The molecular weight excluding hydrogens is 311 g/mol. The highest BCUT2D eigenvalue weighted by molar-refractivity contribution is 6.36. The zero-order valence-electron chi connectivity index (χ0n) is 13.6. The van der Waals surface area contributed by atoms with E-state index in [0.717, 1.165) is 0 Å². The minimum absolute atomic E-state index is 0.0414. The first kappa shape index (κ1) is 17.6. The van der Waals surface area contributed by atoms with Crippen molar-refractivity contribution in [2.24, 2.45) is 5.92 Å². The van der Waals surface area contributed by atoms with Crippen molar-refractivity contribution in [2.75, 3.05) is 0 Å². The van der Waals surface area contributed by atoms with Gasteiger partial charge in [0.05, 0.1) is 0 Å². The molecule has 1 aromatic carbocycles. The number of pyridine rings is 1. The summed E-state index contributed by atoms with van der Waals surface area (Å²) in [5.74, 6) is -1.29. The lowest BCUT2D eigenvalue weighted by molar-refractivity contribution is -0.138. The topological polar surface area (TPSA) is 68.3 Å². The largest absolute Gasteiger partial charge is 0.436 e.